The van der Waals surface area contributed by atoms with Crippen molar-refractivity contribution >= 4 is 18.1 Å². The molecular formula is C27H31N3O4. The molecule has 1 fully saturated rings. The van der Waals surface area contributed by atoms with Gasteiger partial charge in [0.05, 0.1) is 18.6 Å². The lowest BCUT2D eigenvalue weighted by Gasteiger charge is -2.36. The maximum Gasteiger partial charge on any atom is 0.153 e. The summed E-state index contributed by atoms with van der Waals surface area (Å²) >= 11 is 0. The van der Waals surface area contributed by atoms with E-state index in [1.165, 1.54) is 11.1 Å². The fourth-order valence-electron chi connectivity index (χ4n) is 5.00. The minimum absolute atomic E-state index is 0.0360. The number of oxime groups is 1. The molecule has 0 bridgehead atoms. The summed E-state index contributed by atoms with van der Waals surface area (Å²) in [6.45, 7) is 8.62. The number of benzene rings is 2. The van der Waals surface area contributed by atoms with E-state index in [-0.39, 0.29) is 12.0 Å². The number of carbonyl (C=O) groups excluding carboxylic acids is 1. The molecule has 2 unspecified atom stereocenters. The summed E-state index contributed by atoms with van der Waals surface area (Å²) in [6.07, 6.45) is 3.01. The molecule has 2 aromatic carbocycles. The van der Waals surface area contributed by atoms with Gasteiger partial charge in [-0.25, -0.2) is 0 Å². The summed E-state index contributed by atoms with van der Waals surface area (Å²) in [5, 5.41) is 4.42. The Kier molecular flexibility index (Phi) is 6.65. The van der Waals surface area contributed by atoms with Crippen LogP contribution in [0.15, 0.2) is 53.2 Å². The van der Waals surface area contributed by atoms with Crippen LogP contribution in [0, 0.1) is 5.92 Å². The SMILES string of the molecule is COc1cc2c(cc1C=O)OCC1C2=NOC1CN1CCN(CC(C)=Cc2ccccc2)CC1. The Hall–Kier alpha value is -3.16. The molecule has 34 heavy (non-hydrogen) atoms. The molecular weight excluding hydrogens is 430 g/mol. The van der Waals surface area contributed by atoms with Gasteiger partial charge >= 0.3 is 0 Å². The molecule has 3 aliphatic rings. The summed E-state index contributed by atoms with van der Waals surface area (Å²) in [7, 11) is 1.56. The number of ether oxygens (including phenoxy) is 2. The van der Waals surface area contributed by atoms with Crippen LogP contribution in [0.4, 0.5) is 0 Å². The number of hydrogen-bond acceptors (Lipinski definition) is 7. The van der Waals surface area contributed by atoms with Crippen molar-refractivity contribution in [1.82, 2.24) is 9.80 Å². The molecule has 0 N–H and O–H groups in total. The molecule has 0 radical (unpaired) electrons. The van der Waals surface area contributed by atoms with Crippen LogP contribution < -0.4 is 9.47 Å². The number of hydrogen-bond donors (Lipinski definition) is 0. The summed E-state index contributed by atoms with van der Waals surface area (Å²) in [5.41, 5.74) is 4.85. The third-order valence-corrected chi connectivity index (χ3v) is 6.83. The van der Waals surface area contributed by atoms with E-state index >= 15 is 0 Å². The molecule has 178 valence electrons. The summed E-state index contributed by atoms with van der Waals surface area (Å²) in [6, 6.07) is 14.0. The molecule has 5 rings (SSSR count). The highest BCUT2D eigenvalue weighted by atomic mass is 16.6. The predicted molar refractivity (Wildman–Crippen MR) is 132 cm³/mol. The minimum atomic E-state index is -0.0360. The van der Waals surface area contributed by atoms with Crippen molar-refractivity contribution in [2.45, 2.75) is 13.0 Å². The Labute approximate surface area is 200 Å². The number of nitrogens with zero attached hydrogens (tertiary/aromatic N) is 3. The monoisotopic (exact) mass is 461 g/mol. The van der Waals surface area contributed by atoms with E-state index in [4.69, 9.17) is 14.3 Å². The van der Waals surface area contributed by atoms with Gasteiger partial charge in [0.25, 0.3) is 0 Å². The highest BCUT2D eigenvalue weighted by Gasteiger charge is 2.41. The van der Waals surface area contributed by atoms with Crippen molar-refractivity contribution < 1.29 is 19.1 Å². The average molecular weight is 462 g/mol. The molecule has 0 aliphatic carbocycles. The number of carbonyl (C=O) groups is 1. The van der Waals surface area contributed by atoms with Gasteiger partial charge in [0.1, 0.15) is 23.8 Å². The Bertz CT molecular complexity index is 1090. The van der Waals surface area contributed by atoms with Crippen LogP contribution in [0.2, 0.25) is 0 Å². The van der Waals surface area contributed by atoms with E-state index in [1.54, 1.807) is 13.2 Å². The van der Waals surface area contributed by atoms with Gasteiger partial charge in [0.15, 0.2) is 12.4 Å². The Morgan fingerprint density at radius 1 is 1.15 bits per heavy atom. The van der Waals surface area contributed by atoms with Crippen LogP contribution in [0.3, 0.4) is 0 Å². The molecule has 0 amide bonds. The standard InChI is InChI=1S/C27H31N3O4/c1-19(12-20-6-4-3-5-7-20)15-29-8-10-30(11-9-29)16-26-23-18-33-25-13-21(17-31)24(32-2)14-22(25)27(23)28-34-26/h3-7,12-14,17,23,26H,8-11,15-16,18H2,1-2H3. The van der Waals surface area contributed by atoms with Crippen molar-refractivity contribution in [3.63, 3.8) is 0 Å². The molecule has 0 saturated carbocycles. The Balaban J connectivity index is 1.16. The molecule has 2 aromatic rings. The van der Waals surface area contributed by atoms with E-state index in [0.717, 1.165) is 56.8 Å². The van der Waals surface area contributed by atoms with Crippen molar-refractivity contribution in [3.05, 3.63) is 64.7 Å². The number of aldehydes is 1. The molecule has 0 spiro atoms. The summed E-state index contributed by atoms with van der Waals surface area (Å²) in [5.74, 6) is 1.26. The summed E-state index contributed by atoms with van der Waals surface area (Å²) in [4.78, 5) is 22.2. The van der Waals surface area contributed by atoms with Crippen molar-refractivity contribution in [2.75, 3.05) is 53.0 Å². The quantitative estimate of drug-likeness (QED) is 0.590. The van der Waals surface area contributed by atoms with Gasteiger partial charge < -0.3 is 14.3 Å². The average Bonchev–Trinajstić information content (AvgIpc) is 3.28. The second-order valence-electron chi connectivity index (χ2n) is 9.22. The maximum absolute atomic E-state index is 11.3. The fourth-order valence-corrected chi connectivity index (χ4v) is 5.00. The van der Waals surface area contributed by atoms with Crippen LogP contribution >= 0.6 is 0 Å². The number of methoxy groups -OCH3 is 1. The molecule has 7 nitrogen and oxygen atoms in total. The lowest BCUT2D eigenvalue weighted by molar-refractivity contribution is 0.0101. The first-order valence-electron chi connectivity index (χ1n) is 11.9. The first-order valence-corrected chi connectivity index (χ1v) is 11.9. The van der Waals surface area contributed by atoms with Gasteiger partial charge in [-0.05, 0) is 24.6 Å². The Morgan fingerprint density at radius 3 is 2.65 bits per heavy atom. The zero-order valence-corrected chi connectivity index (χ0v) is 19.8. The summed E-state index contributed by atoms with van der Waals surface area (Å²) < 4.78 is 11.4. The van der Waals surface area contributed by atoms with Crippen LogP contribution in [-0.2, 0) is 4.84 Å². The van der Waals surface area contributed by atoms with Gasteiger partial charge in [-0.3, -0.25) is 14.6 Å². The number of piperazine rings is 1. The fraction of sp³-hybridized carbons (Fsp3) is 0.407. The highest BCUT2D eigenvalue weighted by Crippen LogP contribution is 2.37. The largest absolute Gasteiger partial charge is 0.496 e. The van der Waals surface area contributed by atoms with Gasteiger partial charge in [-0.15, -0.1) is 0 Å². The van der Waals surface area contributed by atoms with E-state index in [9.17, 15) is 4.79 Å². The van der Waals surface area contributed by atoms with Crippen LogP contribution in [0.1, 0.15) is 28.4 Å². The van der Waals surface area contributed by atoms with Crippen molar-refractivity contribution in [3.8, 4) is 11.5 Å². The van der Waals surface area contributed by atoms with E-state index < -0.39 is 0 Å². The molecule has 3 heterocycles. The van der Waals surface area contributed by atoms with Gasteiger partial charge in [-0.2, -0.15) is 0 Å². The molecule has 7 heteroatoms. The molecule has 0 aromatic heterocycles. The first kappa shape index (κ1) is 22.6. The third kappa shape index (κ3) is 4.72. The van der Waals surface area contributed by atoms with E-state index in [2.05, 4.69) is 52.2 Å². The zero-order valence-electron chi connectivity index (χ0n) is 19.8. The minimum Gasteiger partial charge on any atom is -0.496 e. The van der Waals surface area contributed by atoms with Crippen LogP contribution in [-0.4, -0.2) is 80.9 Å². The van der Waals surface area contributed by atoms with Gasteiger partial charge in [0, 0.05) is 44.8 Å². The smallest absolute Gasteiger partial charge is 0.153 e. The lowest BCUT2D eigenvalue weighted by atomic mass is 9.89. The van der Waals surface area contributed by atoms with E-state index in [0.29, 0.717) is 23.7 Å². The topological polar surface area (TPSA) is 63.6 Å². The zero-order chi connectivity index (χ0) is 23.5. The molecule has 2 atom stereocenters. The van der Waals surface area contributed by atoms with Crippen LogP contribution in [0.25, 0.3) is 6.08 Å². The second-order valence-corrected chi connectivity index (χ2v) is 9.22. The van der Waals surface area contributed by atoms with Crippen molar-refractivity contribution in [1.29, 1.82) is 0 Å². The predicted octanol–water partition coefficient (Wildman–Crippen LogP) is 3.34. The molecule has 1 saturated heterocycles. The maximum atomic E-state index is 11.3. The Morgan fingerprint density at radius 2 is 1.91 bits per heavy atom. The third-order valence-electron chi connectivity index (χ3n) is 6.83. The lowest BCUT2D eigenvalue weighted by Crippen LogP contribution is -2.50. The van der Waals surface area contributed by atoms with Crippen molar-refractivity contribution in [2.24, 2.45) is 11.1 Å². The van der Waals surface area contributed by atoms with Gasteiger partial charge in [-0.1, -0.05) is 47.1 Å². The van der Waals surface area contributed by atoms with Crippen LogP contribution in [0.5, 0.6) is 11.5 Å². The van der Waals surface area contributed by atoms with Gasteiger partial charge in [0.2, 0.25) is 0 Å². The number of rotatable bonds is 7. The number of fused-ring (bicyclic) bond motifs is 3. The normalized spacial score (nSPS) is 22.8. The highest BCUT2D eigenvalue weighted by molar-refractivity contribution is 6.07. The second kappa shape index (κ2) is 9.99. The first-order chi connectivity index (χ1) is 16.6. The van der Waals surface area contributed by atoms with E-state index in [1.807, 2.05) is 12.1 Å². The molecule has 3 aliphatic heterocycles.